The summed E-state index contributed by atoms with van der Waals surface area (Å²) in [4.78, 5) is 39.1. The SMILES string of the molecule is COC(=O)C[C@]12[C@@H](C[C@@H]3OC(=O)[C@]14O[C@H]34)[C@]1(C)C[C@H](c3ccoc3)O[C@]13C[C@H]2OC3=O. The molecule has 6 aliphatic rings. The van der Waals surface area contributed by atoms with E-state index >= 15 is 0 Å². The topological polar surface area (TPSA) is 114 Å². The van der Waals surface area contributed by atoms with Crippen molar-refractivity contribution in [3.8, 4) is 0 Å². The van der Waals surface area contributed by atoms with Gasteiger partial charge in [-0.15, -0.1) is 0 Å². The molecule has 4 aliphatic heterocycles. The van der Waals surface area contributed by atoms with E-state index in [1.165, 1.54) is 7.11 Å². The molecule has 0 amide bonds. The van der Waals surface area contributed by atoms with E-state index in [9.17, 15) is 14.4 Å². The molecule has 9 atom stereocenters. The van der Waals surface area contributed by atoms with Crippen LogP contribution in [0.1, 0.15) is 44.3 Å². The second-order valence-electron chi connectivity index (χ2n) is 10.0. The van der Waals surface area contributed by atoms with Crippen molar-refractivity contribution in [1.82, 2.24) is 0 Å². The molecule has 6 fully saturated rings. The fourth-order valence-corrected chi connectivity index (χ4v) is 7.86. The number of rotatable bonds is 3. The van der Waals surface area contributed by atoms with Crippen LogP contribution in [0.4, 0.5) is 0 Å². The Bertz CT molecular complexity index is 1030. The van der Waals surface area contributed by atoms with Crippen molar-refractivity contribution in [3.05, 3.63) is 24.2 Å². The Kier molecular flexibility index (Phi) is 3.03. The molecular weight excluding hydrogens is 408 g/mol. The second-order valence-corrected chi connectivity index (χ2v) is 10.0. The highest BCUT2D eigenvalue weighted by Gasteiger charge is 2.93. The number of hydrogen-bond acceptors (Lipinski definition) is 9. The zero-order valence-electron chi connectivity index (χ0n) is 17.1. The van der Waals surface area contributed by atoms with Gasteiger partial charge in [-0.3, -0.25) is 4.79 Å². The van der Waals surface area contributed by atoms with Crippen LogP contribution in [0.2, 0.25) is 0 Å². The molecule has 4 saturated heterocycles. The highest BCUT2D eigenvalue weighted by atomic mass is 16.7. The van der Waals surface area contributed by atoms with Crippen LogP contribution in [-0.4, -0.2) is 54.5 Å². The zero-order chi connectivity index (χ0) is 21.4. The predicted molar refractivity (Wildman–Crippen MR) is 97.1 cm³/mol. The number of furan rings is 1. The van der Waals surface area contributed by atoms with Crippen LogP contribution in [0, 0.1) is 16.7 Å². The van der Waals surface area contributed by atoms with E-state index in [0.29, 0.717) is 12.8 Å². The number of esters is 3. The summed E-state index contributed by atoms with van der Waals surface area (Å²) in [7, 11) is 1.32. The molecule has 7 rings (SSSR count). The van der Waals surface area contributed by atoms with E-state index < -0.39 is 58.3 Å². The van der Waals surface area contributed by atoms with E-state index in [4.69, 9.17) is 28.1 Å². The summed E-state index contributed by atoms with van der Waals surface area (Å²) >= 11 is 0. The first-order chi connectivity index (χ1) is 14.8. The van der Waals surface area contributed by atoms with Gasteiger partial charge >= 0.3 is 17.9 Å². The fourth-order valence-electron chi connectivity index (χ4n) is 7.86. The van der Waals surface area contributed by atoms with Crippen LogP contribution in [0.5, 0.6) is 0 Å². The molecule has 1 aromatic heterocycles. The summed E-state index contributed by atoms with van der Waals surface area (Å²) in [5, 5.41) is 0. The zero-order valence-corrected chi connectivity index (χ0v) is 17.1. The quantitative estimate of drug-likeness (QED) is 0.399. The number of carbonyl (C=O) groups excluding carboxylic acids is 3. The van der Waals surface area contributed by atoms with Gasteiger partial charge in [-0.05, 0) is 24.8 Å². The third-order valence-corrected chi connectivity index (χ3v) is 9.19. The molecule has 164 valence electrons. The maximum atomic E-state index is 13.4. The molecule has 0 aromatic carbocycles. The average molecular weight is 430 g/mol. The molecule has 2 aliphatic carbocycles. The molecule has 9 heteroatoms. The average Bonchev–Trinajstić information content (AvgIpc) is 3.02. The van der Waals surface area contributed by atoms with Crippen molar-refractivity contribution >= 4 is 17.9 Å². The van der Waals surface area contributed by atoms with Crippen molar-refractivity contribution in [2.75, 3.05) is 7.11 Å². The van der Waals surface area contributed by atoms with Gasteiger partial charge in [0.15, 0.2) is 5.60 Å². The van der Waals surface area contributed by atoms with Gasteiger partial charge < -0.3 is 28.1 Å². The predicted octanol–water partition coefficient (Wildman–Crippen LogP) is 1.45. The second kappa shape index (κ2) is 5.15. The molecule has 1 spiro atoms. The molecule has 9 nitrogen and oxygen atoms in total. The van der Waals surface area contributed by atoms with E-state index in [1.54, 1.807) is 12.5 Å². The molecule has 2 saturated carbocycles. The van der Waals surface area contributed by atoms with Crippen molar-refractivity contribution in [2.24, 2.45) is 16.7 Å². The number of epoxide rings is 1. The van der Waals surface area contributed by atoms with E-state index in [0.717, 1.165) is 5.56 Å². The van der Waals surface area contributed by atoms with Gasteiger partial charge in [-0.1, -0.05) is 6.92 Å². The first-order valence-electron chi connectivity index (χ1n) is 10.7. The summed E-state index contributed by atoms with van der Waals surface area (Å²) in [5.74, 6) is -1.62. The molecular formula is C22H22O9. The van der Waals surface area contributed by atoms with Crippen molar-refractivity contribution in [2.45, 2.75) is 68.2 Å². The van der Waals surface area contributed by atoms with Gasteiger partial charge in [0, 0.05) is 17.4 Å². The molecule has 4 bridgehead atoms. The minimum atomic E-state index is -1.27. The number of carbonyl (C=O) groups is 3. The standard InChI is InChI=1S/C22H22O9/c1-19-6-12(10-3-4-27-9-10)30-21(19)7-14(29-17(21)24)20(8-15(23)26-2)13(19)5-11-16-22(20,31-16)18(25)28-11/h3-4,9,11-14,16H,5-8H2,1-2H3/t11-,12+,13-,14+,16+,19-,20+,21-,22-/m0/s1. The molecule has 0 radical (unpaired) electrons. The van der Waals surface area contributed by atoms with E-state index in [2.05, 4.69) is 0 Å². The van der Waals surface area contributed by atoms with Crippen LogP contribution in [-0.2, 0) is 38.1 Å². The smallest absolute Gasteiger partial charge is 0.342 e. The Hall–Kier alpha value is -2.39. The summed E-state index contributed by atoms with van der Waals surface area (Å²) in [6, 6.07) is 1.83. The monoisotopic (exact) mass is 430 g/mol. The number of hydrogen-bond donors (Lipinski definition) is 0. The Labute approximate surface area is 177 Å². The van der Waals surface area contributed by atoms with Crippen molar-refractivity contribution in [3.63, 3.8) is 0 Å². The van der Waals surface area contributed by atoms with Crippen molar-refractivity contribution in [1.29, 1.82) is 0 Å². The van der Waals surface area contributed by atoms with Crippen LogP contribution in [0.25, 0.3) is 0 Å². The van der Waals surface area contributed by atoms with Crippen LogP contribution in [0.15, 0.2) is 23.0 Å². The maximum absolute atomic E-state index is 13.4. The van der Waals surface area contributed by atoms with Gasteiger partial charge in [0.1, 0.15) is 18.3 Å². The number of ether oxygens (including phenoxy) is 5. The Morgan fingerprint density at radius 3 is 2.74 bits per heavy atom. The first kappa shape index (κ1) is 18.2. The third-order valence-electron chi connectivity index (χ3n) is 9.19. The Balaban J connectivity index is 1.43. The van der Waals surface area contributed by atoms with Crippen LogP contribution < -0.4 is 0 Å². The Morgan fingerprint density at radius 2 is 2.03 bits per heavy atom. The minimum Gasteiger partial charge on any atom is -0.472 e. The number of methoxy groups -OCH3 is 1. The van der Waals surface area contributed by atoms with Gasteiger partial charge in [-0.25, -0.2) is 9.59 Å². The molecule has 1 aromatic rings. The van der Waals surface area contributed by atoms with Crippen LogP contribution >= 0.6 is 0 Å². The lowest BCUT2D eigenvalue weighted by Gasteiger charge is -2.57. The van der Waals surface area contributed by atoms with Gasteiger partial charge in [0.2, 0.25) is 5.60 Å². The highest BCUT2D eigenvalue weighted by Crippen LogP contribution is 2.79. The third kappa shape index (κ3) is 1.69. The van der Waals surface area contributed by atoms with Gasteiger partial charge in [-0.2, -0.15) is 0 Å². The summed E-state index contributed by atoms with van der Waals surface area (Å²) in [5.41, 5.74) is -3.31. The van der Waals surface area contributed by atoms with Crippen LogP contribution in [0.3, 0.4) is 0 Å². The highest BCUT2D eigenvalue weighted by molar-refractivity contribution is 5.92. The molecule has 5 heterocycles. The van der Waals surface area contributed by atoms with E-state index in [1.807, 2.05) is 13.0 Å². The fraction of sp³-hybridized carbons (Fsp3) is 0.682. The van der Waals surface area contributed by atoms with Gasteiger partial charge in [0.05, 0.1) is 37.6 Å². The molecule has 31 heavy (non-hydrogen) atoms. The lowest BCUT2D eigenvalue weighted by atomic mass is 9.42. The lowest BCUT2D eigenvalue weighted by molar-refractivity contribution is -0.186. The first-order valence-corrected chi connectivity index (χ1v) is 10.7. The van der Waals surface area contributed by atoms with Gasteiger partial charge in [0.25, 0.3) is 0 Å². The number of fused-ring (bicyclic) bond motifs is 4. The summed E-state index contributed by atoms with van der Waals surface area (Å²) in [6.07, 6.45) is 2.55. The van der Waals surface area contributed by atoms with E-state index in [-0.39, 0.29) is 24.9 Å². The minimum absolute atomic E-state index is 0.0769. The van der Waals surface area contributed by atoms with Crippen molar-refractivity contribution < 1.29 is 42.5 Å². The summed E-state index contributed by atoms with van der Waals surface area (Å²) in [6.45, 7) is 2.02. The largest absolute Gasteiger partial charge is 0.472 e. The summed E-state index contributed by atoms with van der Waals surface area (Å²) < 4.78 is 34.4. The normalized spacial score (nSPS) is 52.6. The Morgan fingerprint density at radius 1 is 1.19 bits per heavy atom. The molecule has 0 N–H and O–H groups in total. The lowest BCUT2D eigenvalue weighted by Crippen LogP contribution is -2.68. The maximum Gasteiger partial charge on any atom is 0.342 e. The molecule has 0 unspecified atom stereocenters.